The normalized spacial score (nSPS) is 25.3. The second kappa shape index (κ2) is 6.62. The maximum atomic E-state index is 6.48. The lowest BCUT2D eigenvalue weighted by Gasteiger charge is -2.42. The Hall–Kier alpha value is -2.00. The van der Waals surface area contributed by atoms with E-state index in [1.165, 1.54) is 43.2 Å². The van der Waals surface area contributed by atoms with Crippen LogP contribution in [0.1, 0.15) is 55.7 Å². The van der Waals surface area contributed by atoms with Gasteiger partial charge in [0.05, 0.1) is 11.8 Å². The Morgan fingerprint density at radius 3 is 2.62 bits per heavy atom. The molecular weight excluding hydrogens is 344 g/mol. The van der Waals surface area contributed by atoms with Gasteiger partial charge in [-0.15, -0.1) is 0 Å². The van der Waals surface area contributed by atoms with Crippen LogP contribution in [0.2, 0.25) is 5.02 Å². The number of hydrogen-bond donors (Lipinski definition) is 0. The van der Waals surface area contributed by atoms with Crippen LogP contribution in [0.5, 0.6) is 5.75 Å². The van der Waals surface area contributed by atoms with Crippen LogP contribution in [0.3, 0.4) is 0 Å². The standard InChI is InChI=1S/C22H23ClN2O/c23-17-11-12-21-18(13-17)20-14-19(15-7-3-1-4-8-15)24-25(20)22(26-21)16-9-5-2-6-10-16/h1,3-4,7-8,11-13,16,20,22H,2,5-6,9-10,14H2/t20-,22-/m1/s1. The van der Waals surface area contributed by atoms with Crippen molar-refractivity contribution in [2.45, 2.75) is 50.8 Å². The van der Waals surface area contributed by atoms with E-state index in [2.05, 4.69) is 41.4 Å². The molecule has 0 N–H and O–H groups in total. The molecule has 0 spiro atoms. The summed E-state index contributed by atoms with van der Waals surface area (Å²) in [5.41, 5.74) is 3.51. The van der Waals surface area contributed by atoms with E-state index < -0.39 is 0 Å². The van der Waals surface area contributed by atoms with Crippen LogP contribution < -0.4 is 4.74 Å². The van der Waals surface area contributed by atoms with E-state index in [9.17, 15) is 0 Å². The summed E-state index contributed by atoms with van der Waals surface area (Å²) in [5.74, 6) is 1.53. The molecule has 2 aliphatic heterocycles. The number of ether oxygens (including phenoxy) is 1. The number of rotatable bonds is 2. The topological polar surface area (TPSA) is 24.8 Å². The number of fused-ring (bicyclic) bond motifs is 3. The number of halogens is 1. The third-order valence-corrected chi connectivity index (χ3v) is 6.18. The van der Waals surface area contributed by atoms with Gasteiger partial charge in [0.1, 0.15) is 5.75 Å². The monoisotopic (exact) mass is 366 g/mol. The van der Waals surface area contributed by atoms with Crippen molar-refractivity contribution < 1.29 is 4.74 Å². The lowest BCUT2D eigenvalue weighted by atomic mass is 9.86. The lowest BCUT2D eigenvalue weighted by molar-refractivity contribution is -0.0643. The molecule has 1 saturated carbocycles. The minimum atomic E-state index is 0.0372. The minimum absolute atomic E-state index is 0.0372. The number of hydrogen-bond acceptors (Lipinski definition) is 3. The van der Waals surface area contributed by atoms with Crippen molar-refractivity contribution in [3.8, 4) is 5.75 Å². The van der Waals surface area contributed by atoms with Gasteiger partial charge in [-0.1, -0.05) is 61.2 Å². The first-order valence-electron chi connectivity index (χ1n) is 9.67. The summed E-state index contributed by atoms with van der Waals surface area (Å²) in [7, 11) is 0. The van der Waals surface area contributed by atoms with Gasteiger partial charge in [-0.05, 0) is 36.6 Å². The van der Waals surface area contributed by atoms with Crippen LogP contribution >= 0.6 is 11.6 Å². The van der Waals surface area contributed by atoms with Crippen LogP contribution in [0.15, 0.2) is 53.6 Å². The maximum absolute atomic E-state index is 6.48. The maximum Gasteiger partial charge on any atom is 0.190 e. The van der Waals surface area contributed by atoms with Crippen molar-refractivity contribution in [3.63, 3.8) is 0 Å². The average Bonchev–Trinajstić information content (AvgIpc) is 3.15. The summed E-state index contributed by atoms with van der Waals surface area (Å²) < 4.78 is 6.48. The zero-order valence-electron chi connectivity index (χ0n) is 14.8. The Balaban J connectivity index is 1.54. The minimum Gasteiger partial charge on any atom is -0.468 e. The molecule has 134 valence electrons. The Morgan fingerprint density at radius 2 is 1.81 bits per heavy atom. The molecule has 5 rings (SSSR count). The van der Waals surface area contributed by atoms with Crippen molar-refractivity contribution in [2.75, 3.05) is 0 Å². The molecule has 0 aromatic heterocycles. The molecule has 3 aliphatic rings. The van der Waals surface area contributed by atoms with Gasteiger partial charge in [0, 0.05) is 22.9 Å². The van der Waals surface area contributed by atoms with Gasteiger partial charge in [-0.2, -0.15) is 5.10 Å². The molecule has 1 fully saturated rings. The van der Waals surface area contributed by atoms with Gasteiger partial charge >= 0.3 is 0 Å². The molecule has 2 aromatic carbocycles. The first-order chi connectivity index (χ1) is 12.8. The first-order valence-corrected chi connectivity index (χ1v) is 10.0. The predicted octanol–water partition coefficient (Wildman–Crippen LogP) is 5.79. The molecule has 0 amide bonds. The van der Waals surface area contributed by atoms with Crippen molar-refractivity contribution in [3.05, 3.63) is 64.7 Å². The van der Waals surface area contributed by atoms with Gasteiger partial charge in [0.2, 0.25) is 0 Å². The summed E-state index contributed by atoms with van der Waals surface area (Å²) in [5, 5.41) is 8.04. The van der Waals surface area contributed by atoms with E-state index in [4.69, 9.17) is 21.4 Å². The van der Waals surface area contributed by atoms with Crippen molar-refractivity contribution in [2.24, 2.45) is 11.0 Å². The number of nitrogens with zero attached hydrogens (tertiary/aromatic N) is 2. The molecule has 0 radical (unpaired) electrons. The summed E-state index contributed by atoms with van der Waals surface area (Å²) in [4.78, 5) is 0. The summed E-state index contributed by atoms with van der Waals surface area (Å²) in [6.07, 6.45) is 7.34. The third kappa shape index (κ3) is 2.79. The molecule has 1 aliphatic carbocycles. The van der Waals surface area contributed by atoms with E-state index in [0.29, 0.717) is 5.92 Å². The quantitative estimate of drug-likeness (QED) is 0.672. The molecule has 26 heavy (non-hydrogen) atoms. The molecule has 0 saturated heterocycles. The van der Waals surface area contributed by atoms with Gasteiger partial charge in [0.15, 0.2) is 6.23 Å². The first kappa shape index (κ1) is 16.2. The van der Waals surface area contributed by atoms with Crippen LogP contribution in [0.25, 0.3) is 0 Å². The molecule has 0 unspecified atom stereocenters. The summed E-state index contributed by atoms with van der Waals surface area (Å²) in [6.45, 7) is 0. The van der Waals surface area contributed by atoms with E-state index in [1.54, 1.807) is 0 Å². The van der Waals surface area contributed by atoms with Crippen LogP contribution in [0, 0.1) is 5.92 Å². The average molecular weight is 367 g/mol. The Kier molecular flexibility index (Phi) is 4.12. The van der Waals surface area contributed by atoms with Crippen molar-refractivity contribution in [1.82, 2.24) is 5.01 Å². The molecular formula is C22H23ClN2O. The zero-order valence-corrected chi connectivity index (χ0v) is 15.5. The molecule has 2 heterocycles. The van der Waals surface area contributed by atoms with E-state index in [1.807, 2.05) is 12.1 Å². The van der Waals surface area contributed by atoms with Gasteiger partial charge in [-0.3, -0.25) is 0 Å². The van der Waals surface area contributed by atoms with Crippen LogP contribution in [-0.4, -0.2) is 16.9 Å². The number of benzene rings is 2. The Morgan fingerprint density at radius 1 is 1.00 bits per heavy atom. The highest BCUT2D eigenvalue weighted by molar-refractivity contribution is 6.30. The van der Waals surface area contributed by atoms with Crippen molar-refractivity contribution >= 4 is 17.3 Å². The highest BCUT2D eigenvalue weighted by Gasteiger charge is 2.43. The second-order valence-electron chi connectivity index (χ2n) is 7.60. The molecule has 2 atom stereocenters. The number of hydrazone groups is 1. The highest BCUT2D eigenvalue weighted by Crippen LogP contribution is 2.47. The molecule has 0 bridgehead atoms. The Bertz CT molecular complexity index is 829. The fraction of sp³-hybridized carbons (Fsp3) is 0.409. The zero-order chi connectivity index (χ0) is 17.5. The summed E-state index contributed by atoms with van der Waals surface area (Å²) >= 11 is 6.29. The molecule has 4 heteroatoms. The summed E-state index contributed by atoms with van der Waals surface area (Å²) in [6, 6.07) is 16.7. The Labute approximate surface area is 159 Å². The fourth-order valence-electron chi connectivity index (χ4n) is 4.62. The van der Waals surface area contributed by atoms with Crippen LogP contribution in [0.4, 0.5) is 0 Å². The fourth-order valence-corrected chi connectivity index (χ4v) is 4.80. The van der Waals surface area contributed by atoms with Gasteiger partial charge in [-0.25, -0.2) is 5.01 Å². The lowest BCUT2D eigenvalue weighted by Crippen LogP contribution is -2.45. The highest BCUT2D eigenvalue weighted by atomic mass is 35.5. The third-order valence-electron chi connectivity index (χ3n) is 5.94. The van der Waals surface area contributed by atoms with Crippen LogP contribution in [-0.2, 0) is 0 Å². The molecule has 3 nitrogen and oxygen atoms in total. The van der Waals surface area contributed by atoms with E-state index in [-0.39, 0.29) is 12.3 Å². The van der Waals surface area contributed by atoms with E-state index in [0.717, 1.165) is 22.9 Å². The van der Waals surface area contributed by atoms with Crippen molar-refractivity contribution in [1.29, 1.82) is 0 Å². The second-order valence-corrected chi connectivity index (χ2v) is 8.04. The predicted molar refractivity (Wildman–Crippen MR) is 105 cm³/mol. The van der Waals surface area contributed by atoms with Gasteiger partial charge in [0.25, 0.3) is 0 Å². The molecule has 2 aromatic rings. The smallest absolute Gasteiger partial charge is 0.190 e. The van der Waals surface area contributed by atoms with E-state index >= 15 is 0 Å². The largest absolute Gasteiger partial charge is 0.468 e. The SMILES string of the molecule is Clc1ccc2c(c1)[C@H]1CC(c3ccccc3)=NN1[C@@H](C1CCCCC1)O2. The van der Waals surface area contributed by atoms with Gasteiger partial charge < -0.3 is 4.74 Å².